The highest BCUT2D eigenvalue weighted by molar-refractivity contribution is 9.10. The molecule has 2 aromatic rings. The lowest BCUT2D eigenvalue weighted by atomic mass is 9.96. The average molecular weight is 351 g/mol. The van der Waals surface area contributed by atoms with Gasteiger partial charge in [-0.2, -0.15) is 0 Å². The van der Waals surface area contributed by atoms with Crippen LogP contribution in [-0.2, 0) is 6.42 Å². The zero-order valence-electron chi connectivity index (χ0n) is 12.4. The minimum absolute atomic E-state index is 0.0942. The Kier molecular flexibility index (Phi) is 5.88. The number of nitrogens with one attached hydrogen (secondary N) is 1. The molecule has 1 N–H and O–H groups in total. The van der Waals surface area contributed by atoms with Gasteiger partial charge in [-0.1, -0.05) is 22.9 Å². The Balaban J connectivity index is 2.28. The topological polar surface area (TPSA) is 24.9 Å². The van der Waals surface area contributed by atoms with Crippen molar-refractivity contribution in [1.29, 1.82) is 0 Å². The summed E-state index contributed by atoms with van der Waals surface area (Å²) in [7, 11) is 0. The van der Waals surface area contributed by atoms with Crippen molar-refractivity contribution in [2.75, 3.05) is 6.54 Å². The minimum Gasteiger partial charge on any atom is -0.310 e. The third-order valence-electron chi connectivity index (χ3n) is 3.51. The third-order valence-corrected chi connectivity index (χ3v) is 4.00. The summed E-state index contributed by atoms with van der Waals surface area (Å²) in [6.45, 7) is 5.07. The zero-order valence-corrected chi connectivity index (χ0v) is 14.0. The fourth-order valence-electron chi connectivity index (χ4n) is 2.41. The maximum Gasteiger partial charge on any atom is 0.126 e. The number of halogens is 2. The highest BCUT2D eigenvalue weighted by Gasteiger charge is 2.16. The highest BCUT2D eigenvalue weighted by atomic mass is 79.9. The molecule has 0 aliphatic heterocycles. The molecule has 0 bridgehead atoms. The van der Waals surface area contributed by atoms with Crippen LogP contribution in [0, 0.1) is 12.7 Å². The maximum absolute atomic E-state index is 14.0. The summed E-state index contributed by atoms with van der Waals surface area (Å²) in [4.78, 5) is 4.14. The molecule has 4 heteroatoms. The second kappa shape index (κ2) is 7.66. The predicted molar refractivity (Wildman–Crippen MR) is 87.8 cm³/mol. The molecule has 0 radical (unpaired) electrons. The van der Waals surface area contributed by atoms with Crippen molar-refractivity contribution in [1.82, 2.24) is 10.3 Å². The summed E-state index contributed by atoms with van der Waals surface area (Å²) in [5, 5.41) is 3.51. The predicted octanol–water partition coefficient (Wildman–Crippen LogP) is 4.58. The Bertz CT molecular complexity index is 601. The van der Waals surface area contributed by atoms with Crippen molar-refractivity contribution in [2.24, 2.45) is 0 Å². The van der Waals surface area contributed by atoms with Crippen LogP contribution in [0.2, 0.25) is 0 Å². The second-order valence-corrected chi connectivity index (χ2v) is 6.09. The van der Waals surface area contributed by atoms with Crippen LogP contribution in [0.1, 0.15) is 36.1 Å². The lowest BCUT2D eigenvalue weighted by molar-refractivity contribution is 0.510. The zero-order chi connectivity index (χ0) is 15.2. The van der Waals surface area contributed by atoms with Crippen molar-refractivity contribution in [3.05, 3.63) is 63.6 Å². The van der Waals surface area contributed by atoms with E-state index in [0.717, 1.165) is 23.0 Å². The molecule has 1 aromatic heterocycles. The van der Waals surface area contributed by atoms with E-state index in [4.69, 9.17) is 0 Å². The Hall–Kier alpha value is -1.26. The Morgan fingerprint density at radius 1 is 1.33 bits per heavy atom. The molecule has 0 aliphatic carbocycles. The molecule has 0 spiro atoms. The molecule has 1 unspecified atom stereocenters. The van der Waals surface area contributed by atoms with Gasteiger partial charge in [-0.25, -0.2) is 4.39 Å². The summed E-state index contributed by atoms with van der Waals surface area (Å²) in [5.41, 5.74) is 3.02. The van der Waals surface area contributed by atoms with Gasteiger partial charge in [0.2, 0.25) is 0 Å². The van der Waals surface area contributed by atoms with Crippen molar-refractivity contribution in [2.45, 2.75) is 32.7 Å². The fourth-order valence-corrected chi connectivity index (χ4v) is 2.81. The number of benzene rings is 1. The van der Waals surface area contributed by atoms with E-state index in [1.54, 1.807) is 12.3 Å². The van der Waals surface area contributed by atoms with Crippen LogP contribution < -0.4 is 5.32 Å². The number of rotatable bonds is 6. The van der Waals surface area contributed by atoms with Gasteiger partial charge in [0.15, 0.2) is 0 Å². The number of pyridine rings is 1. The van der Waals surface area contributed by atoms with E-state index >= 15 is 0 Å². The second-order valence-electron chi connectivity index (χ2n) is 5.18. The van der Waals surface area contributed by atoms with Crippen LogP contribution in [0.15, 0.2) is 41.1 Å². The Labute approximate surface area is 133 Å². The quantitative estimate of drug-likeness (QED) is 0.824. The number of hydrogen-bond donors (Lipinski definition) is 1. The Morgan fingerprint density at radius 2 is 2.14 bits per heavy atom. The summed E-state index contributed by atoms with van der Waals surface area (Å²) in [5.74, 6) is -0.159. The van der Waals surface area contributed by atoms with Crippen LogP contribution in [-0.4, -0.2) is 11.5 Å². The summed E-state index contributed by atoms with van der Waals surface area (Å²) >= 11 is 3.41. The first-order valence-electron chi connectivity index (χ1n) is 7.19. The minimum atomic E-state index is -0.159. The van der Waals surface area contributed by atoms with Gasteiger partial charge in [-0.3, -0.25) is 4.98 Å². The van der Waals surface area contributed by atoms with Crippen molar-refractivity contribution in [3.8, 4) is 0 Å². The van der Waals surface area contributed by atoms with E-state index in [1.807, 2.05) is 25.3 Å². The molecule has 1 aromatic carbocycles. The first kappa shape index (κ1) is 16.1. The molecular formula is C17H20BrFN2. The van der Waals surface area contributed by atoms with E-state index in [-0.39, 0.29) is 11.9 Å². The lowest BCUT2D eigenvalue weighted by Gasteiger charge is -2.21. The molecule has 0 saturated carbocycles. The van der Waals surface area contributed by atoms with Gasteiger partial charge >= 0.3 is 0 Å². The molecule has 0 aliphatic rings. The normalized spacial score (nSPS) is 12.4. The van der Waals surface area contributed by atoms with Crippen LogP contribution in [0.4, 0.5) is 4.39 Å². The highest BCUT2D eigenvalue weighted by Crippen LogP contribution is 2.24. The first-order chi connectivity index (χ1) is 10.1. The van der Waals surface area contributed by atoms with Gasteiger partial charge in [-0.15, -0.1) is 0 Å². The molecule has 112 valence electrons. The van der Waals surface area contributed by atoms with E-state index in [2.05, 4.69) is 33.2 Å². The number of hydrogen-bond acceptors (Lipinski definition) is 2. The molecule has 0 saturated heterocycles. The van der Waals surface area contributed by atoms with Gasteiger partial charge in [0.05, 0.1) is 0 Å². The molecule has 0 fully saturated rings. The van der Waals surface area contributed by atoms with Gasteiger partial charge < -0.3 is 5.32 Å². The van der Waals surface area contributed by atoms with E-state index in [9.17, 15) is 4.39 Å². The first-order valence-corrected chi connectivity index (χ1v) is 7.99. The average Bonchev–Trinajstić information content (AvgIpc) is 2.48. The van der Waals surface area contributed by atoms with Crippen molar-refractivity contribution < 1.29 is 4.39 Å². The van der Waals surface area contributed by atoms with E-state index < -0.39 is 0 Å². The molecule has 2 rings (SSSR count). The van der Waals surface area contributed by atoms with Gasteiger partial charge in [0, 0.05) is 22.9 Å². The van der Waals surface area contributed by atoms with Crippen LogP contribution in [0.5, 0.6) is 0 Å². The van der Waals surface area contributed by atoms with E-state index in [0.29, 0.717) is 12.0 Å². The van der Waals surface area contributed by atoms with Crippen LogP contribution >= 0.6 is 15.9 Å². The summed E-state index contributed by atoms with van der Waals surface area (Å²) < 4.78 is 14.9. The maximum atomic E-state index is 14.0. The van der Waals surface area contributed by atoms with Gasteiger partial charge in [0.1, 0.15) is 5.82 Å². The van der Waals surface area contributed by atoms with Gasteiger partial charge in [0.25, 0.3) is 0 Å². The molecule has 1 heterocycles. The summed E-state index contributed by atoms with van der Waals surface area (Å²) in [6.07, 6.45) is 5.31. The molecule has 1 atom stereocenters. The number of aromatic nitrogens is 1. The molecule has 2 nitrogen and oxygen atoms in total. The van der Waals surface area contributed by atoms with Crippen LogP contribution in [0.3, 0.4) is 0 Å². The molecule has 0 amide bonds. The molecule has 21 heavy (non-hydrogen) atoms. The summed E-state index contributed by atoms with van der Waals surface area (Å²) in [6, 6.07) is 7.20. The molecular weight excluding hydrogens is 331 g/mol. The monoisotopic (exact) mass is 350 g/mol. The largest absolute Gasteiger partial charge is 0.310 e. The van der Waals surface area contributed by atoms with E-state index in [1.165, 1.54) is 11.6 Å². The third kappa shape index (κ3) is 4.35. The number of aryl methyl sites for hydroxylation is 1. The SMILES string of the molecule is CCCNC(Cc1cc(Br)ccc1F)c1ccncc1C. The number of nitrogens with zero attached hydrogens (tertiary/aromatic N) is 1. The lowest BCUT2D eigenvalue weighted by Crippen LogP contribution is -2.25. The van der Waals surface area contributed by atoms with Crippen molar-refractivity contribution in [3.63, 3.8) is 0 Å². The fraction of sp³-hybridized carbons (Fsp3) is 0.353. The van der Waals surface area contributed by atoms with Crippen molar-refractivity contribution >= 4 is 15.9 Å². The standard InChI is InChI=1S/C17H20BrFN2/c1-3-7-21-17(15-6-8-20-11-12(15)2)10-13-9-14(18)4-5-16(13)19/h4-6,8-9,11,17,21H,3,7,10H2,1-2H3. The Morgan fingerprint density at radius 3 is 2.86 bits per heavy atom. The van der Waals surface area contributed by atoms with Gasteiger partial charge in [-0.05, 0) is 67.3 Å². The smallest absolute Gasteiger partial charge is 0.126 e. The van der Waals surface area contributed by atoms with Crippen LogP contribution in [0.25, 0.3) is 0 Å².